The number of aliphatic hydroxyl groups is 1. The lowest BCUT2D eigenvalue weighted by Gasteiger charge is -2.09. The predicted octanol–water partition coefficient (Wildman–Crippen LogP) is 1.78. The SMILES string of the molecule is COC(C)CCC(=O)Nc1ccc(C#CCO)cc1. The molecule has 0 heterocycles. The molecule has 0 fully saturated rings. The third-order valence-electron chi connectivity index (χ3n) is 2.66. The van der Waals surface area contributed by atoms with Crippen molar-refractivity contribution in [2.45, 2.75) is 25.9 Å². The van der Waals surface area contributed by atoms with Gasteiger partial charge in [0.05, 0.1) is 6.10 Å². The minimum absolute atomic E-state index is 0.0295. The third-order valence-corrected chi connectivity index (χ3v) is 2.66. The van der Waals surface area contributed by atoms with Crippen LogP contribution in [0.2, 0.25) is 0 Å². The number of hydrogen-bond acceptors (Lipinski definition) is 3. The Morgan fingerprint density at radius 2 is 2.11 bits per heavy atom. The number of carbonyl (C=O) groups is 1. The molecule has 4 nitrogen and oxygen atoms in total. The van der Waals surface area contributed by atoms with Gasteiger partial charge in [-0.1, -0.05) is 11.8 Å². The number of amides is 1. The highest BCUT2D eigenvalue weighted by Gasteiger charge is 2.06. The van der Waals surface area contributed by atoms with Gasteiger partial charge in [0, 0.05) is 24.8 Å². The fourth-order valence-electron chi connectivity index (χ4n) is 1.45. The van der Waals surface area contributed by atoms with Gasteiger partial charge < -0.3 is 15.2 Å². The van der Waals surface area contributed by atoms with Crippen LogP contribution in [0.1, 0.15) is 25.3 Å². The van der Waals surface area contributed by atoms with E-state index in [1.54, 1.807) is 31.4 Å². The van der Waals surface area contributed by atoms with Crippen molar-refractivity contribution >= 4 is 11.6 Å². The van der Waals surface area contributed by atoms with Crippen molar-refractivity contribution < 1.29 is 14.6 Å². The molecule has 1 unspecified atom stereocenters. The summed E-state index contributed by atoms with van der Waals surface area (Å²) >= 11 is 0. The van der Waals surface area contributed by atoms with Crippen LogP contribution in [0, 0.1) is 11.8 Å². The molecular weight excluding hydrogens is 242 g/mol. The van der Waals surface area contributed by atoms with Gasteiger partial charge in [-0.2, -0.15) is 0 Å². The second kappa shape index (κ2) is 8.30. The fourth-order valence-corrected chi connectivity index (χ4v) is 1.45. The van der Waals surface area contributed by atoms with Crippen LogP contribution < -0.4 is 5.32 Å². The van der Waals surface area contributed by atoms with E-state index in [4.69, 9.17) is 9.84 Å². The molecule has 102 valence electrons. The van der Waals surface area contributed by atoms with Gasteiger partial charge in [-0.25, -0.2) is 0 Å². The predicted molar refractivity (Wildman–Crippen MR) is 74.7 cm³/mol. The molecule has 4 heteroatoms. The van der Waals surface area contributed by atoms with Crippen LogP contribution in [0.3, 0.4) is 0 Å². The van der Waals surface area contributed by atoms with E-state index < -0.39 is 0 Å². The van der Waals surface area contributed by atoms with Gasteiger partial charge >= 0.3 is 0 Å². The zero-order valence-corrected chi connectivity index (χ0v) is 11.3. The van der Waals surface area contributed by atoms with E-state index in [9.17, 15) is 4.79 Å². The number of anilines is 1. The van der Waals surface area contributed by atoms with E-state index in [2.05, 4.69) is 17.2 Å². The monoisotopic (exact) mass is 261 g/mol. The number of benzene rings is 1. The summed E-state index contributed by atoms with van der Waals surface area (Å²) in [5, 5.41) is 11.4. The van der Waals surface area contributed by atoms with Gasteiger partial charge in [-0.15, -0.1) is 0 Å². The van der Waals surface area contributed by atoms with Crippen LogP contribution in [0.25, 0.3) is 0 Å². The number of methoxy groups -OCH3 is 1. The molecule has 0 aliphatic carbocycles. The third kappa shape index (κ3) is 6.05. The molecule has 1 rings (SSSR count). The fraction of sp³-hybridized carbons (Fsp3) is 0.400. The highest BCUT2D eigenvalue weighted by molar-refractivity contribution is 5.90. The van der Waals surface area contributed by atoms with Gasteiger partial charge in [-0.05, 0) is 37.6 Å². The summed E-state index contributed by atoms with van der Waals surface area (Å²) in [6.07, 6.45) is 1.21. The minimum atomic E-state index is -0.157. The number of ether oxygens (including phenoxy) is 1. The first kappa shape index (κ1) is 15.2. The maximum Gasteiger partial charge on any atom is 0.224 e. The quantitative estimate of drug-likeness (QED) is 0.794. The first-order valence-corrected chi connectivity index (χ1v) is 6.18. The average Bonchev–Trinajstić information content (AvgIpc) is 2.44. The van der Waals surface area contributed by atoms with Crippen LogP contribution in [0.5, 0.6) is 0 Å². The van der Waals surface area contributed by atoms with Gasteiger partial charge in [0.25, 0.3) is 0 Å². The lowest BCUT2D eigenvalue weighted by molar-refractivity contribution is -0.116. The molecule has 2 N–H and O–H groups in total. The normalized spacial score (nSPS) is 11.3. The summed E-state index contributed by atoms with van der Waals surface area (Å²) in [4.78, 5) is 11.7. The molecule has 1 aromatic carbocycles. The standard InChI is InChI=1S/C15H19NO3/c1-12(19-2)5-10-15(18)16-14-8-6-13(7-9-14)4-3-11-17/h6-9,12,17H,5,10-11H2,1-2H3,(H,16,18). The highest BCUT2D eigenvalue weighted by atomic mass is 16.5. The summed E-state index contributed by atoms with van der Waals surface area (Å²) in [6, 6.07) is 7.18. The molecule has 0 aliphatic heterocycles. The van der Waals surface area contributed by atoms with E-state index >= 15 is 0 Å². The smallest absolute Gasteiger partial charge is 0.224 e. The minimum Gasteiger partial charge on any atom is -0.384 e. The van der Waals surface area contributed by atoms with Crippen LogP contribution in [0.15, 0.2) is 24.3 Å². The van der Waals surface area contributed by atoms with E-state index in [0.29, 0.717) is 12.8 Å². The van der Waals surface area contributed by atoms with E-state index in [0.717, 1.165) is 11.3 Å². The van der Waals surface area contributed by atoms with Crippen molar-refractivity contribution in [3.05, 3.63) is 29.8 Å². The van der Waals surface area contributed by atoms with Gasteiger partial charge in [0.2, 0.25) is 5.91 Å². The molecule has 1 atom stereocenters. The Hall–Kier alpha value is -1.83. The molecule has 0 saturated heterocycles. The lowest BCUT2D eigenvalue weighted by atomic mass is 10.2. The van der Waals surface area contributed by atoms with Crippen molar-refractivity contribution in [1.82, 2.24) is 0 Å². The first-order chi connectivity index (χ1) is 9.15. The molecule has 0 bridgehead atoms. The van der Waals surface area contributed by atoms with Crippen LogP contribution in [0.4, 0.5) is 5.69 Å². The van der Waals surface area contributed by atoms with Gasteiger partial charge in [0.1, 0.15) is 6.61 Å². The van der Waals surface area contributed by atoms with E-state index in [-0.39, 0.29) is 18.6 Å². The Labute approximate surface area is 113 Å². The summed E-state index contributed by atoms with van der Waals surface area (Å²) in [5.41, 5.74) is 1.55. The maximum absolute atomic E-state index is 11.7. The lowest BCUT2D eigenvalue weighted by Crippen LogP contribution is -2.15. The second-order valence-electron chi connectivity index (χ2n) is 4.17. The Bertz CT molecular complexity index is 457. The Morgan fingerprint density at radius 3 is 2.68 bits per heavy atom. The molecule has 1 aromatic rings. The Kier molecular flexibility index (Phi) is 6.65. The highest BCUT2D eigenvalue weighted by Crippen LogP contribution is 2.10. The first-order valence-electron chi connectivity index (χ1n) is 6.18. The number of carbonyl (C=O) groups excluding carboxylic acids is 1. The van der Waals surface area contributed by atoms with E-state index in [1.807, 2.05) is 6.92 Å². The molecule has 19 heavy (non-hydrogen) atoms. The van der Waals surface area contributed by atoms with Crippen molar-refractivity contribution in [2.75, 3.05) is 19.0 Å². The number of hydrogen-bond donors (Lipinski definition) is 2. The zero-order valence-electron chi connectivity index (χ0n) is 11.3. The van der Waals surface area contributed by atoms with Gasteiger partial charge in [-0.3, -0.25) is 4.79 Å². The summed E-state index contributed by atoms with van der Waals surface area (Å²) in [7, 11) is 1.63. The zero-order chi connectivity index (χ0) is 14.1. The molecule has 0 aromatic heterocycles. The molecule has 1 amide bonds. The maximum atomic E-state index is 11.7. The van der Waals surface area contributed by atoms with Crippen molar-refractivity contribution in [3.8, 4) is 11.8 Å². The molecule has 0 radical (unpaired) electrons. The summed E-state index contributed by atoms with van der Waals surface area (Å²) < 4.78 is 5.09. The Morgan fingerprint density at radius 1 is 1.42 bits per heavy atom. The summed E-state index contributed by atoms with van der Waals surface area (Å²) in [5.74, 6) is 5.33. The van der Waals surface area contributed by atoms with Crippen LogP contribution in [-0.2, 0) is 9.53 Å². The van der Waals surface area contributed by atoms with Crippen molar-refractivity contribution in [2.24, 2.45) is 0 Å². The molecule has 0 aliphatic rings. The topological polar surface area (TPSA) is 58.6 Å². The average molecular weight is 261 g/mol. The van der Waals surface area contributed by atoms with Gasteiger partial charge in [0.15, 0.2) is 0 Å². The van der Waals surface area contributed by atoms with Crippen molar-refractivity contribution in [1.29, 1.82) is 0 Å². The van der Waals surface area contributed by atoms with Crippen molar-refractivity contribution in [3.63, 3.8) is 0 Å². The molecular formula is C15H19NO3. The number of aliphatic hydroxyl groups excluding tert-OH is 1. The van der Waals surface area contributed by atoms with Crippen LogP contribution >= 0.6 is 0 Å². The largest absolute Gasteiger partial charge is 0.384 e. The second-order valence-corrected chi connectivity index (χ2v) is 4.17. The number of nitrogens with one attached hydrogen (secondary N) is 1. The molecule has 0 saturated carbocycles. The van der Waals surface area contributed by atoms with Crippen LogP contribution in [-0.4, -0.2) is 30.8 Å². The molecule has 0 spiro atoms. The van der Waals surface area contributed by atoms with E-state index in [1.165, 1.54) is 0 Å². The Balaban J connectivity index is 2.46. The summed E-state index contributed by atoms with van der Waals surface area (Å²) in [6.45, 7) is 1.78. The number of rotatable bonds is 5.